The topological polar surface area (TPSA) is 108 Å². The number of carbonyl (C=O) groups excluding carboxylic acids is 2. The van der Waals surface area contributed by atoms with E-state index in [9.17, 15) is 19.7 Å². The summed E-state index contributed by atoms with van der Waals surface area (Å²) in [7, 11) is 1.21. The zero-order chi connectivity index (χ0) is 16.9. The van der Waals surface area contributed by atoms with Gasteiger partial charge in [-0.2, -0.15) is 0 Å². The van der Waals surface area contributed by atoms with Crippen molar-refractivity contribution in [3.8, 4) is 5.75 Å². The van der Waals surface area contributed by atoms with Crippen LogP contribution in [0, 0.1) is 10.1 Å². The van der Waals surface area contributed by atoms with Crippen molar-refractivity contribution in [1.29, 1.82) is 0 Å². The van der Waals surface area contributed by atoms with Crippen molar-refractivity contribution < 1.29 is 24.0 Å². The van der Waals surface area contributed by atoms with Crippen LogP contribution in [0.15, 0.2) is 24.3 Å². The Kier molecular flexibility index (Phi) is 5.44. The Labute approximate surface area is 127 Å². The van der Waals surface area contributed by atoms with E-state index in [0.29, 0.717) is 0 Å². The molecule has 1 aromatic rings. The van der Waals surface area contributed by atoms with Gasteiger partial charge in [0.25, 0.3) is 5.91 Å². The van der Waals surface area contributed by atoms with Gasteiger partial charge in [0, 0.05) is 6.07 Å². The molecule has 1 atom stereocenters. The van der Waals surface area contributed by atoms with Crippen molar-refractivity contribution in [2.24, 2.45) is 0 Å². The van der Waals surface area contributed by atoms with Crippen LogP contribution in [-0.4, -0.2) is 35.6 Å². The van der Waals surface area contributed by atoms with E-state index in [2.05, 4.69) is 10.1 Å². The number of rotatable bonds is 6. The summed E-state index contributed by atoms with van der Waals surface area (Å²) >= 11 is 0. The lowest BCUT2D eigenvalue weighted by molar-refractivity contribution is -0.386. The van der Waals surface area contributed by atoms with Crippen molar-refractivity contribution >= 4 is 17.6 Å². The number of para-hydroxylation sites is 2. The van der Waals surface area contributed by atoms with Gasteiger partial charge in [0.05, 0.1) is 12.0 Å². The molecule has 120 valence electrons. The number of esters is 1. The minimum absolute atomic E-state index is 0.0222. The zero-order valence-corrected chi connectivity index (χ0v) is 12.8. The Morgan fingerprint density at radius 3 is 2.45 bits per heavy atom. The average Bonchev–Trinajstić information content (AvgIpc) is 2.46. The molecular formula is C14H18N2O6. The third kappa shape index (κ3) is 4.18. The zero-order valence-electron chi connectivity index (χ0n) is 12.8. The summed E-state index contributed by atoms with van der Waals surface area (Å²) in [4.78, 5) is 33.9. The van der Waals surface area contributed by atoms with Crippen LogP contribution in [-0.2, 0) is 14.3 Å². The highest BCUT2D eigenvalue weighted by Gasteiger charge is 2.33. The molecule has 0 aliphatic rings. The average molecular weight is 310 g/mol. The van der Waals surface area contributed by atoms with Gasteiger partial charge in [-0.1, -0.05) is 12.1 Å². The van der Waals surface area contributed by atoms with E-state index in [0.717, 1.165) is 0 Å². The normalized spacial score (nSPS) is 12.2. The fraction of sp³-hybridized carbons (Fsp3) is 0.429. The number of hydrogen-bond donors (Lipinski definition) is 1. The number of methoxy groups -OCH3 is 1. The van der Waals surface area contributed by atoms with Crippen LogP contribution in [0.2, 0.25) is 0 Å². The highest BCUT2D eigenvalue weighted by molar-refractivity contribution is 5.89. The molecule has 0 heterocycles. The van der Waals surface area contributed by atoms with Crippen LogP contribution in [0.5, 0.6) is 5.75 Å². The summed E-state index contributed by atoms with van der Waals surface area (Å²) in [5.74, 6) is -1.22. The van der Waals surface area contributed by atoms with Crippen LogP contribution in [0.4, 0.5) is 5.69 Å². The quantitative estimate of drug-likeness (QED) is 0.484. The summed E-state index contributed by atoms with van der Waals surface area (Å²) in [5, 5.41) is 13.4. The number of nitrogens with zero attached hydrogens (tertiary/aromatic N) is 1. The second-order valence-corrected chi connectivity index (χ2v) is 5.09. The molecule has 0 aliphatic heterocycles. The van der Waals surface area contributed by atoms with Gasteiger partial charge in [0.15, 0.2) is 11.9 Å². The fourth-order valence-electron chi connectivity index (χ4n) is 1.67. The first-order valence-electron chi connectivity index (χ1n) is 6.49. The van der Waals surface area contributed by atoms with Gasteiger partial charge in [-0.05, 0) is 26.8 Å². The monoisotopic (exact) mass is 310 g/mol. The fourth-order valence-corrected chi connectivity index (χ4v) is 1.67. The van der Waals surface area contributed by atoms with Gasteiger partial charge in [0.1, 0.15) is 5.54 Å². The molecule has 1 N–H and O–H groups in total. The molecule has 22 heavy (non-hydrogen) atoms. The molecule has 0 bridgehead atoms. The van der Waals surface area contributed by atoms with E-state index in [4.69, 9.17) is 4.74 Å². The molecule has 0 aliphatic carbocycles. The maximum atomic E-state index is 12.1. The van der Waals surface area contributed by atoms with Crippen LogP contribution in [0.3, 0.4) is 0 Å². The van der Waals surface area contributed by atoms with Gasteiger partial charge in [-0.15, -0.1) is 0 Å². The highest BCUT2D eigenvalue weighted by atomic mass is 16.6. The van der Waals surface area contributed by atoms with Gasteiger partial charge < -0.3 is 14.8 Å². The molecule has 8 nitrogen and oxygen atoms in total. The Hall–Kier alpha value is -2.64. The number of amides is 1. The second-order valence-electron chi connectivity index (χ2n) is 5.09. The van der Waals surface area contributed by atoms with Crippen LogP contribution in [0.1, 0.15) is 20.8 Å². The first-order chi connectivity index (χ1) is 10.2. The first-order valence-corrected chi connectivity index (χ1v) is 6.49. The molecule has 0 saturated carbocycles. The molecule has 0 spiro atoms. The molecule has 0 fully saturated rings. The van der Waals surface area contributed by atoms with E-state index in [1.807, 2.05) is 0 Å². The molecular weight excluding hydrogens is 292 g/mol. The van der Waals surface area contributed by atoms with Crippen molar-refractivity contribution in [2.45, 2.75) is 32.4 Å². The van der Waals surface area contributed by atoms with E-state index in [-0.39, 0.29) is 11.4 Å². The Morgan fingerprint density at radius 1 is 1.32 bits per heavy atom. The van der Waals surface area contributed by atoms with Crippen LogP contribution in [0.25, 0.3) is 0 Å². The number of hydrogen-bond acceptors (Lipinski definition) is 6. The standard InChI is InChI=1S/C14H18N2O6/c1-9(12(17)15-14(2,3)13(18)21-4)22-11-8-6-5-7-10(11)16(19)20/h5-9H,1-4H3,(H,15,17). The maximum absolute atomic E-state index is 12.1. The SMILES string of the molecule is COC(=O)C(C)(C)NC(=O)C(C)Oc1ccccc1[N+](=O)[O-]. The number of benzene rings is 1. The van der Waals surface area contributed by atoms with Crippen molar-refractivity contribution in [2.75, 3.05) is 7.11 Å². The number of carbonyl (C=O) groups is 2. The van der Waals surface area contributed by atoms with E-state index in [1.54, 1.807) is 6.07 Å². The number of nitro groups is 1. The summed E-state index contributed by atoms with van der Waals surface area (Å²) in [6.45, 7) is 4.39. The van der Waals surface area contributed by atoms with Crippen molar-refractivity contribution in [3.63, 3.8) is 0 Å². The summed E-state index contributed by atoms with van der Waals surface area (Å²) in [5.41, 5.74) is -1.47. The molecule has 8 heteroatoms. The minimum Gasteiger partial charge on any atom is -0.474 e. The molecule has 0 radical (unpaired) electrons. The lowest BCUT2D eigenvalue weighted by Crippen LogP contribution is -2.53. The smallest absolute Gasteiger partial charge is 0.330 e. The lowest BCUT2D eigenvalue weighted by atomic mass is 10.1. The molecule has 0 saturated heterocycles. The molecule has 1 aromatic carbocycles. The largest absolute Gasteiger partial charge is 0.474 e. The van der Waals surface area contributed by atoms with Gasteiger partial charge in [0.2, 0.25) is 0 Å². The van der Waals surface area contributed by atoms with Crippen molar-refractivity contribution in [3.05, 3.63) is 34.4 Å². The molecule has 1 unspecified atom stereocenters. The van der Waals surface area contributed by atoms with Crippen LogP contribution >= 0.6 is 0 Å². The van der Waals surface area contributed by atoms with Crippen LogP contribution < -0.4 is 10.1 Å². The van der Waals surface area contributed by atoms with Gasteiger partial charge in [-0.3, -0.25) is 14.9 Å². The third-order valence-corrected chi connectivity index (χ3v) is 2.87. The third-order valence-electron chi connectivity index (χ3n) is 2.87. The Bertz CT molecular complexity index is 584. The Balaban J connectivity index is 2.81. The van der Waals surface area contributed by atoms with Gasteiger partial charge >= 0.3 is 11.7 Å². The predicted molar refractivity (Wildman–Crippen MR) is 77.4 cm³/mol. The van der Waals surface area contributed by atoms with E-state index >= 15 is 0 Å². The van der Waals surface area contributed by atoms with E-state index in [1.165, 1.54) is 46.1 Å². The summed E-state index contributed by atoms with van der Waals surface area (Å²) in [6.07, 6.45) is -1.02. The number of nitrogens with one attached hydrogen (secondary N) is 1. The number of nitro benzene ring substituents is 1. The summed E-state index contributed by atoms with van der Waals surface area (Å²) < 4.78 is 9.90. The van der Waals surface area contributed by atoms with E-state index < -0.39 is 28.4 Å². The predicted octanol–water partition coefficient (Wildman–Crippen LogP) is 1.43. The van der Waals surface area contributed by atoms with Gasteiger partial charge in [-0.25, -0.2) is 4.79 Å². The second kappa shape index (κ2) is 6.88. The molecule has 1 rings (SSSR count). The highest BCUT2D eigenvalue weighted by Crippen LogP contribution is 2.26. The lowest BCUT2D eigenvalue weighted by Gasteiger charge is -2.25. The Morgan fingerprint density at radius 2 is 1.91 bits per heavy atom. The molecule has 1 amide bonds. The first kappa shape index (κ1) is 17.4. The maximum Gasteiger partial charge on any atom is 0.330 e. The molecule has 0 aromatic heterocycles. The minimum atomic E-state index is -1.23. The number of ether oxygens (including phenoxy) is 2. The van der Waals surface area contributed by atoms with Crippen molar-refractivity contribution in [1.82, 2.24) is 5.32 Å². The summed E-state index contributed by atoms with van der Waals surface area (Å²) in [6, 6.07) is 5.73.